The molecule has 0 bridgehead atoms. The van der Waals surface area contributed by atoms with E-state index >= 15 is 0 Å². The van der Waals surface area contributed by atoms with Crippen LogP contribution in [0, 0.1) is 0 Å². The fourth-order valence-electron chi connectivity index (χ4n) is 0.705. The van der Waals surface area contributed by atoms with Crippen LogP contribution in [0.2, 0.25) is 0 Å². The third kappa shape index (κ3) is 2.19. The zero-order valence-electron chi connectivity index (χ0n) is 6.14. The van der Waals surface area contributed by atoms with Crippen LogP contribution < -0.4 is 0 Å². The van der Waals surface area contributed by atoms with Gasteiger partial charge >= 0.3 is 68.5 Å². The summed E-state index contributed by atoms with van der Waals surface area (Å²) in [7, 11) is 0. The molecule has 1 heterocycles. The first kappa shape index (κ1) is 8.45. The number of aromatic nitrogens is 1. The zero-order chi connectivity index (χ0) is 8.97. The van der Waals surface area contributed by atoms with Crippen molar-refractivity contribution < 1.29 is 15.0 Å². The fraction of sp³-hybridized carbons (Fsp3) is 0. The summed E-state index contributed by atoms with van der Waals surface area (Å²) in [4.78, 5) is 13.9. The van der Waals surface area contributed by atoms with E-state index in [4.69, 9.17) is 10.2 Å². The number of aliphatic hydroxyl groups is 1. The Labute approximate surface area is 69.4 Å². The molecule has 60 valence electrons. The Bertz CT molecular complexity index is 310. The van der Waals surface area contributed by atoms with Crippen molar-refractivity contribution in [3.63, 3.8) is 0 Å². The number of aliphatic hydroxyl groups excluding tert-OH is 1. The first-order valence-corrected chi connectivity index (χ1v) is 3.25. The van der Waals surface area contributed by atoms with Gasteiger partial charge in [0.05, 0.1) is 0 Å². The monoisotopic (exact) mass is 163 g/mol. The average molecular weight is 163 g/mol. The van der Waals surface area contributed by atoms with Gasteiger partial charge in [-0.05, 0) is 0 Å². The summed E-state index contributed by atoms with van der Waals surface area (Å²) in [5, 5.41) is 17.4. The van der Waals surface area contributed by atoms with Crippen LogP contribution in [0.15, 0.2) is 24.2 Å². The van der Waals surface area contributed by atoms with Crippen molar-refractivity contribution in [2.24, 2.45) is 0 Å². The van der Waals surface area contributed by atoms with Crippen LogP contribution in [0.1, 0.15) is 5.69 Å². The van der Waals surface area contributed by atoms with Crippen molar-refractivity contribution in [1.82, 2.24) is 4.98 Å². The van der Waals surface area contributed by atoms with Crippen LogP contribution in [0.4, 0.5) is 0 Å². The van der Waals surface area contributed by atoms with E-state index < -0.39 is 5.97 Å². The summed E-state index contributed by atoms with van der Waals surface area (Å²) in [6, 6.07) is 0. The number of hydrogen-bond donors (Lipinski definition) is 2. The topological polar surface area (TPSA) is 70.4 Å². The SMILES string of the molecule is O=C(O)C=C(O)c1cbccn1. The maximum absolute atomic E-state index is 10.1. The molecule has 0 unspecified atom stereocenters. The number of carbonyl (C=O) groups is 1. The van der Waals surface area contributed by atoms with Gasteiger partial charge in [-0.1, -0.05) is 0 Å². The van der Waals surface area contributed by atoms with E-state index in [0.717, 1.165) is 0 Å². The Balaban J connectivity index is 2.93. The van der Waals surface area contributed by atoms with Crippen molar-refractivity contribution in [2.45, 2.75) is 0 Å². The molecule has 0 saturated carbocycles. The minimum atomic E-state index is -1.20. The molecule has 5 heteroatoms. The molecule has 0 aliphatic carbocycles. The molecule has 12 heavy (non-hydrogen) atoms. The minimum absolute atomic E-state index is 0.250. The molecule has 1 aromatic rings. The molecule has 1 aromatic heterocycles. The van der Waals surface area contributed by atoms with Gasteiger partial charge in [0, 0.05) is 0 Å². The first-order chi connectivity index (χ1) is 5.70. The molecular formula is C7H6BNO3. The summed E-state index contributed by atoms with van der Waals surface area (Å²) in [6.07, 6.45) is 2.17. The molecule has 0 fully saturated rings. The van der Waals surface area contributed by atoms with E-state index in [2.05, 4.69) is 4.98 Å². The van der Waals surface area contributed by atoms with Crippen LogP contribution in [0.5, 0.6) is 0 Å². The second kappa shape index (κ2) is 3.66. The Morgan fingerprint density at radius 2 is 2.33 bits per heavy atom. The molecule has 0 amide bonds. The number of rotatable bonds is 2. The summed E-state index contributed by atoms with van der Waals surface area (Å²) in [6.45, 7) is 1.66. The number of aliphatic carboxylic acids is 1. The predicted molar refractivity (Wildman–Crippen MR) is 43.8 cm³/mol. The van der Waals surface area contributed by atoms with Gasteiger partial charge in [-0.15, -0.1) is 0 Å². The van der Waals surface area contributed by atoms with E-state index in [1.165, 1.54) is 12.2 Å². The first-order valence-electron chi connectivity index (χ1n) is 3.25. The Morgan fingerprint density at radius 3 is 2.83 bits per heavy atom. The molecule has 0 atom stereocenters. The van der Waals surface area contributed by atoms with E-state index in [0.29, 0.717) is 6.08 Å². The summed E-state index contributed by atoms with van der Waals surface area (Å²) in [5.41, 5.74) is 0.250. The van der Waals surface area contributed by atoms with Crippen molar-refractivity contribution in [1.29, 1.82) is 0 Å². The fourth-order valence-corrected chi connectivity index (χ4v) is 0.705. The Morgan fingerprint density at radius 1 is 1.58 bits per heavy atom. The Hall–Kier alpha value is -1.65. The summed E-state index contributed by atoms with van der Waals surface area (Å²) in [5.74, 6) is 1.66. The van der Waals surface area contributed by atoms with Crippen LogP contribution >= 0.6 is 0 Å². The number of nitrogens with zero attached hydrogens (tertiary/aromatic N) is 1. The normalized spacial score (nSPS) is 10.8. The third-order valence-corrected chi connectivity index (χ3v) is 1.19. The van der Waals surface area contributed by atoms with E-state index in [9.17, 15) is 4.79 Å². The van der Waals surface area contributed by atoms with Crippen molar-refractivity contribution >= 4 is 18.6 Å². The molecule has 0 spiro atoms. The zero-order valence-corrected chi connectivity index (χ0v) is 6.14. The van der Waals surface area contributed by atoms with Gasteiger partial charge in [0.1, 0.15) is 0 Å². The van der Waals surface area contributed by atoms with E-state index in [1.54, 1.807) is 12.9 Å². The second-order valence-corrected chi connectivity index (χ2v) is 2.08. The van der Waals surface area contributed by atoms with Gasteiger partial charge in [-0.25, -0.2) is 0 Å². The maximum atomic E-state index is 10.1. The molecule has 0 aliphatic heterocycles. The van der Waals surface area contributed by atoms with Gasteiger partial charge in [0.25, 0.3) is 0 Å². The molecule has 0 aliphatic rings. The molecule has 0 radical (unpaired) electrons. The predicted octanol–water partition coefficient (Wildman–Crippen LogP) is 0.403. The van der Waals surface area contributed by atoms with Crippen molar-refractivity contribution in [2.75, 3.05) is 0 Å². The number of hydrogen-bond acceptors (Lipinski definition) is 3. The molecule has 0 aromatic carbocycles. The quantitative estimate of drug-likeness (QED) is 0.489. The second-order valence-electron chi connectivity index (χ2n) is 2.08. The van der Waals surface area contributed by atoms with Gasteiger partial charge in [-0.2, -0.15) is 0 Å². The summed E-state index contributed by atoms with van der Waals surface area (Å²) < 4.78 is 0. The standard InChI is InChI=1S/C7H6BNO3/c10-6(3-7(11)12)5-4-8-1-2-9-5/h1-4,10H,(H,11,12). The summed E-state index contributed by atoms with van der Waals surface area (Å²) >= 11 is 0. The third-order valence-electron chi connectivity index (χ3n) is 1.19. The van der Waals surface area contributed by atoms with Crippen molar-refractivity contribution in [3.8, 4) is 0 Å². The molecule has 1 rings (SSSR count). The van der Waals surface area contributed by atoms with Crippen LogP contribution in [0.25, 0.3) is 5.76 Å². The number of carboxylic acid groups (broad SMARTS) is 1. The van der Waals surface area contributed by atoms with Gasteiger partial charge in [0.2, 0.25) is 0 Å². The van der Waals surface area contributed by atoms with Crippen LogP contribution in [-0.2, 0) is 4.79 Å². The van der Waals surface area contributed by atoms with Crippen LogP contribution in [-0.4, -0.2) is 28.1 Å². The van der Waals surface area contributed by atoms with E-state index in [1.807, 2.05) is 0 Å². The van der Waals surface area contributed by atoms with Gasteiger partial charge < -0.3 is 0 Å². The molecule has 0 saturated heterocycles. The van der Waals surface area contributed by atoms with E-state index in [-0.39, 0.29) is 11.5 Å². The van der Waals surface area contributed by atoms with Crippen LogP contribution in [0.3, 0.4) is 0 Å². The van der Waals surface area contributed by atoms with Crippen molar-refractivity contribution in [3.05, 3.63) is 29.9 Å². The Kier molecular flexibility index (Phi) is 2.58. The molecule has 2 N–H and O–H groups in total. The molecule has 4 nitrogen and oxygen atoms in total. The molecular weight excluding hydrogens is 157 g/mol. The van der Waals surface area contributed by atoms with Gasteiger partial charge in [-0.3, -0.25) is 0 Å². The average Bonchev–Trinajstić information content (AvgIpc) is 2.05. The van der Waals surface area contributed by atoms with Gasteiger partial charge in [0.15, 0.2) is 0 Å². The number of carboxylic acids is 1.